The van der Waals surface area contributed by atoms with Crippen LogP contribution >= 0.6 is 22.6 Å². The standard InChI is InChI=1S/C7H15IO/c1-7(2,3)6-9-5-4-8/h4-6H2,1-3H3. The normalized spacial score (nSPS) is 12.0. The van der Waals surface area contributed by atoms with Gasteiger partial charge < -0.3 is 4.74 Å². The molecule has 0 aliphatic heterocycles. The van der Waals surface area contributed by atoms with Crippen molar-refractivity contribution < 1.29 is 4.74 Å². The Hall–Kier alpha value is 0.690. The summed E-state index contributed by atoms with van der Waals surface area (Å²) in [6.45, 7) is 8.30. The van der Waals surface area contributed by atoms with Gasteiger partial charge in [0.15, 0.2) is 0 Å². The van der Waals surface area contributed by atoms with Gasteiger partial charge in [0.2, 0.25) is 0 Å². The molecule has 0 fully saturated rings. The molecule has 0 rings (SSSR count). The molecule has 56 valence electrons. The predicted molar refractivity (Wildman–Crippen MR) is 49.2 cm³/mol. The van der Waals surface area contributed by atoms with Gasteiger partial charge in [0.05, 0.1) is 13.2 Å². The number of hydrogen-bond donors (Lipinski definition) is 0. The average molecular weight is 242 g/mol. The molecule has 9 heavy (non-hydrogen) atoms. The first-order valence-electron chi connectivity index (χ1n) is 3.20. The van der Waals surface area contributed by atoms with Gasteiger partial charge >= 0.3 is 0 Å². The molecule has 2 heteroatoms. The molecule has 1 nitrogen and oxygen atoms in total. The molecule has 0 spiro atoms. The number of alkyl halides is 1. The van der Waals surface area contributed by atoms with E-state index >= 15 is 0 Å². The van der Waals surface area contributed by atoms with Gasteiger partial charge in [0.25, 0.3) is 0 Å². The maximum absolute atomic E-state index is 5.34. The van der Waals surface area contributed by atoms with Crippen LogP contribution in [0.4, 0.5) is 0 Å². The van der Waals surface area contributed by atoms with Gasteiger partial charge in [-0.3, -0.25) is 0 Å². The van der Waals surface area contributed by atoms with Gasteiger partial charge in [-0.05, 0) is 5.41 Å². The lowest BCUT2D eigenvalue weighted by Gasteiger charge is -2.17. The first-order chi connectivity index (χ1) is 4.06. The minimum Gasteiger partial charge on any atom is -0.380 e. The Morgan fingerprint density at radius 2 is 1.89 bits per heavy atom. The lowest BCUT2D eigenvalue weighted by molar-refractivity contribution is 0.0833. The van der Waals surface area contributed by atoms with E-state index in [1.54, 1.807) is 0 Å². The van der Waals surface area contributed by atoms with Crippen LogP contribution in [0.5, 0.6) is 0 Å². The highest BCUT2D eigenvalue weighted by atomic mass is 127. The summed E-state index contributed by atoms with van der Waals surface area (Å²) >= 11 is 2.31. The molecule has 0 saturated carbocycles. The third kappa shape index (κ3) is 8.69. The van der Waals surface area contributed by atoms with Gasteiger partial charge in [-0.1, -0.05) is 43.4 Å². The van der Waals surface area contributed by atoms with Crippen molar-refractivity contribution in [2.75, 3.05) is 17.6 Å². The second-order valence-corrected chi connectivity index (χ2v) is 4.38. The minimum absolute atomic E-state index is 0.325. The van der Waals surface area contributed by atoms with Gasteiger partial charge in [0, 0.05) is 4.43 Å². The molecule has 0 aromatic rings. The quantitative estimate of drug-likeness (QED) is 0.419. The van der Waals surface area contributed by atoms with Crippen LogP contribution in [0, 0.1) is 5.41 Å². The number of halogens is 1. The highest BCUT2D eigenvalue weighted by molar-refractivity contribution is 14.1. The second kappa shape index (κ2) is 4.50. The Labute approximate surface area is 71.3 Å². The summed E-state index contributed by atoms with van der Waals surface area (Å²) in [4.78, 5) is 0. The van der Waals surface area contributed by atoms with E-state index in [1.165, 1.54) is 0 Å². The summed E-state index contributed by atoms with van der Waals surface area (Å²) in [7, 11) is 0. The van der Waals surface area contributed by atoms with E-state index in [0.717, 1.165) is 17.6 Å². The molecule has 0 aliphatic rings. The third-order valence-corrected chi connectivity index (χ3v) is 1.20. The van der Waals surface area contributed by atoms with Crippen molar-refractivity contribution in [3.63, 3.8) is 0 Å². The fourth-order valence-electron chi connectivity index (χ4n) is 0.433. The zero-order chi connectivity index (χ0) is 7.33. The Kier molecular flexibility index (Phi) is 4.84. The van der Waals surface area contributed by atoms with Gasteiger partial charge in [-0.15, -0.1) is 0 Å². The Balaban J connectivity index is 3.07. The Bertz CT molecular complexity index is 65.8. The fourth-order valence-corrected chi connectivity index (χ4v) is 0.744. The van der Waals surface area contributed by atoms with Crippen molar-refractivity contribution in [1.82, 2.24) is 0 Å². The predicted octanol–water partition coefficient (Wildman–Crippen LogP) is 2.48. The summed E-state index contributed by atoms with van der Waals surface area (Å²) in [5.41, 5.74) is 0.325. The van der Waals surface area contributed by atoms with Crippen molar-refractivity contribution in [2.45, 2.75) is 20.8 Å². The molecule has 0 unspecified atom stereocenters. The SMILES string of the molecule is CC(C)(C)COCCI. The largest absolute Gasteiger partial charge is 0.380 e. The maximum Gasteiger partial charge on any atom is 0.0555 e. The highest BCUT2D eigenvalue weighted by Gasteiger charge is 2.08. The minimum atomic E-state index is 0.325. The lowest BCUT2D eigenvalue weighted by atomic mass is 9.99. The van der Waals surface area contributed by atoms with E-state index in [-0.39, 0.29) is 0 Å². The van der Waals surface area contributed by atoms with Crippen molar-refractivity contribution in [2.24, 2.45) is 5.41 Å². The maximum atomic E-state index is 5.34. The zero-order valence-electron chi connectivity index (χ0n) is 6.41. The highest BCUT2D eigenvalue weighted by Crippen LogP contribution is 2.12. The van der Waals surface area contributed by atoms with Crippen LogP contribution in [0.2, 0.25) is 0 Å². The number of hydrogen-bond acceptors (Lipinski definition) is 1. The molecule has 0 aromatic heterocycles. The third-order valence-electron chi connectivity index (χ3n) is 0.757. The topological polar surface area (TPSA) is 9.23 Å². The molecule has 0 saturated heterocycles. The fraction of sp³-hybridized carbons (Fsp3) is 1.00. The summed E-state index contributed by atoms with van der Waals surface area (Å²) in [6, 6.07) is 0. The Morgan fingerprint density at radius 1 is 1.33 bits per heavy atom. The molecular formula is C7H15IO. The van der Waals surface area contributed by atoms with E-state index in [2.05, 4.69) is 43.4 Å². The molecular weight excluding hydrogens is 227 g/mol. The molecule has 0 aliphatic carbocycles. The summed E-state index contributed by atoms with van der Waals surface area (Å²) in [5.74, 6) is 0. The molecule has 0 aromatic carbocycles. The van der Waals surface area contributed by atoms with Gasteiger partial charge in [-0.25, -0.2) is 0 Å². The molecule has 0 radical (unpaired) electrons. The van der Waals surface area contributed by atoms with E-state index in [1.807, 2.05) is 0 Å². The molecule has 0 bridgehead atoms. The summed E-state index contributed by atoms with van der Waals surface area (Å²) in [6.07, 6.45) is 0. The van der Waals surface area contributed by atoms with Crippen LogP contribution < -0.4 is 0 Å². The molecule has 0 atom stereocenters. The van der Waals surface area contributed by atoms with E-state index < -0.39 is 0 Å². The summed E-state index contributed by atoms with van der Waals surface area (Å²) in [5, 5.41) is 0. The first-order valence-corrected chi connectivity index (χ1v) is 4.72. The van der Waals surface area contributed by atoms with Crippen molar-refractivity contribution in [1.29, 1.82) is 0 Å². The van der Waals surface area contributed by atoms with Gasteiger partial charge in [-0.2, -0.15) is 0 Å². The van der Waals surface area contributed by atoms with Crippen LogP contribution in [0.25, 0.3) is 0 Å². The monoisotopic (exact) mass is 242 g/mol. The molecule has 0 heterocycles. The van der Waals surface area contributed by atoms with Crippen LogP contribution in [0.1, 0.15) is 20.8 Å². The summed E-state index contributed by atoms with van der Waals surface area (Å²) < 4.78 is 6.43. The molecule has 0 amide bonds. The smallest absolute Gasteiger partial charge is 0.0555 e. The van der Waals surface area contributed by atoms with E-state index in [4.69, 9.17) is 4.74 Å². The Morgan fingerprint density at radius 3 is 2.22 bits per heavy atom. The molecule has 0 N–H and O–H groups in total. The van der Waals surface area contributed by atoms with E-state index in [9.17, 15) is 0 Å². The van der Waals surface area contributed by atoms with Crippen molar-refractivity contribution in [3.05, 3.63) is 0 Å². The van der Waals surface area contributed by atoms with Crippen LogP contribution in [0.3, 0.4) is 0 Å². The first kappa shape index (κ1) is 9.69. The van der Waals surface area contributed by atoms with Crippen LogP contribution in [0.15, 0.2) is 0 Å². The zero-order valence-corrected chi connectivity index (χ0v) is 8.57. The lowest BCUT2D eigenvalue weighted by Crippen LogP contribution is -2.15. The van der Waals surface area contributed by atoms with E-state index in [0.29, 0.717) is 5.41 Å². The van der Waals surface area contributed by atoms with Crippen molar-refractivity contribution >= 4 is 22.6 Å². The van der Waals surface area contributed by atoms with Crippen LogP contribution in [-0.4, -0.2) is 17.6 Å². The number of rotatable bonds is 3. The second-order valence-electron chi connectivity index (χ2n) is 3.30. The van der Waals surface area contributed by atoms with Gasteiger partial charge in [0.1, 0.15) is 0 Å². The van der Waals surface area contributed by atoms with Crippen LogP contribution in [-0.2, 0) is 4.74 Å². The van der Waals surface area contributed by atoms with Crippen molar-refractivity contribution in [3.8, 4) is 0 Å². The number of ether oxygens (including phenoxy) is 1. The average Bonchev–Trinajstić information content (AvgIpc) is 1.63.